The summed E-state index contributed by atoms with van der Waals surface area (Å²) >= 11 is 5.99. The molecule has 0 saturated carbocycles. The van der Waals surface area contributed by atoms with E-state index < -0.39 is 0 Å². The van der Waals surface area contributed by atoms with Crippen LogP contribution >= 0.6 is 11.6 Å². The second-order valence-electron chi connectivity index (χ2n) is 7.11. The minimum absolute atomic E-state index is 0.0289. The van der Waals surface area contributed by atoms with E-state index in [0.717, 1.165) is 12.1 Å². The van der Waals surface area contributed by atoms with Gasteiger partial charge in [0.15, 0.2) is 0 Å². The van der Waals surface area contributed by atoms with Gasteiger partial charge in [-0.1, -0.05) is 42.8 Å². The fraction of sp³-hybridized carbons (Fsp3) is 0.304. The third kappa shape index (κ3) is 4.86. The van der Waals surface area contributed by atoms with Crippen molar-refractivity contribution < 1.29 is 14.3 Å². The number of anilines is 1. The number of imide groups is 1. The number of hydrogen-bond acceptors (Lipinski definition) is 4. The molecule has 0 unspecified atom stereocenters. The number of aryl methyl sites for hydroxylation is 1. The number of nitrogens with one attached hydrogen (secondary N) is 1. The number of ether oxygens (including phenoxy) is 1. The lowest BCUT2D eigenvalue weighted by Crippen LogP contribution is -2.35. The van der Waals surface area contributed by atoms with Gasteiger partial charge in [-0.3, -0.25) is 14.5 Å². The summed E-state index contributed by atoms with van der Waals surface area (Å²) in [5.74, 6) is -0.691. The molecule has 2 aromatic carbocycles. The van der Waals surface area contributed by atoms with Crippen LogP contribution in [0.4, 0.5) is 5.69 Å². The largest absolute Gasteiger partial charge is 0.377 e. The molecule has 1 N–H and O–H groups in total. The molecule has 1 aliphatic heterocycles. The first-order valence-electron chi connectivity index (χ1n) is 9.74. The van der Waals surface area contributed by atoms with E-state index >= 15 is 0 Å². The molecule has 0 radical (unpaired) electrons. The number of rotatable bonds is 8. The summed E-state index contributed by atoms with van der Waals surface area (Å²) in [6, 6.07) is 14.7. The molecule has 152 valence electrons. The number of carbonyl (C=O) groups is 2. The maximum atomic E-state index is 13.1. The maximum Gasteiger partial charge on any atom is 0.278 e. The van der Waals surface area contributed by atoms with Gasteiger partial charge < -0.3 is 10.1 Å². The first kappa shape index (κ1) is 21.1. The van der Waals surface area contributed by atoms with Gasteiger partial charge >= 0.3 is 0 Å². The third-order valence-electron chi connectivity index (χ3n) is 4.70. The summed E-state index contributed by atoms with van der Waals surface area (Å²) < 4.78 is 5.53. The van der Waals surface area contributed by atoms with Crippen molar-refractivity contribution in [3.05, 3.63) is 70.4 Å². The maximum absolute atomic E-state index is 13.1. The van der Waals surface area contributed by atoms with Crippen LogP contribution in [0.5, 0.6) is 0 Å². The minimum atomic E-state index is -0.355. The molecule has 29 heavy (non-hydrogen) atoms. The van der Waals surface area contributed by atoms with E-state index in [2.05, 4.69) is 12.2 Å². The zero-order chi connectivity index (χ0) is 21.0. The number of halogens is 1. The number of hydrogen-bond donors (Lipinski definition) is 1. The molecular formula is C23H25ClN2O3. The highest BCUT2D eigenvalue weighted by Gasteiger charge is 2.39. The Balaban J connectivity index is 1.93. The van der Waals surface area contributed by atoms with Gasteiger partial charge in [0, 0.05) is 10.7 Å². The fourth-order valence-corrected chi connectivity index (χ4v) is 3.25. The second-order valence-corrected chi connectivity index (χ2v) is 7.55. The minimum Gasteiger partial charge on any atom is -0.377 e. The van der Waals surface area contributed by atoms with Crippen LogP contribution in [0.2, 0.25) is 5.02 Å². The normalized spacial score (nSPS) is 14.3. The second kappa shape index (κ2) is 9.25. The van der Waals surface area contributed by atoms with E-state index in [-0.39, 0.29) is 30.2 Å². The van der Waals surface area contributed by atoms with Crippen molar-refractivity contribution in [3.63, 3.8) is 0 Å². The van der Waals surface area contributed by atoms with E-state index in [1.807, 2.05) is 38.1 Å². The number of nitrogens with zero attached hydrogens (tertiary/aromatic N) is 1. The van der Waals surface area contributed by atoms with Gasteiger partial charge in [-0.05, 0) is 55.7 Å². The molecule has 2 amide bonds. The van der Waals surface area contributed by atoms with Gasteiger partial charge in [0.1, 0.15) is 5.70 Å². The van der Waals surface area contributed by atoms with Crippen LogP contribution in [-0.2, 0) is 20.7 Å². The first-order valence-corrected chi connectivity index (χ1v) is 10.1. The highest BCUT2D eigenvalue weighted by atomic mass is 35.5. The molecule has 0 atom stereocenters. The van der Waals surface area contributed by atoms with Crippen LogP contribution in [0, 0.1) is 0 Å². The topological polar surface area (TPSA) is 58.6 Å². The molecule has 0 bridgehead atoms. The summed E-state index contributed by atoms with van der Waals surface area (Å²) in [5.41, 5.74) is 3.21. The molecule has 0 saturated heterocycles. The molecule has 2 aromatic rings. The van der Waals surface area contributed by atoms with Crippen molar-refractivity contribution in [1.29, 1.82) is 0 Å². The summed E-state index contributed by atoms with van der Waals surface area (Å²) in [4.78, 5) is 27.4. The zero-order valence-electron chi connectivity index (χ0n) is 16.9. The molecule has 5 nitrogen and oxygen atoms in total. The van der Waals surface area contributed by atoms with E-state index in [1.54, 1.807) is 24.3 Å². The highest BCUT2D eigenvalue weighted by molar-refractivity contribution is 6.36. The smallest absolute Gasteiger partial charge is 0.278 e. The Morgan fingerprint density at radius 2 is 1.66 bits per heavy atom. The average Bonchev–Trinajstić information content (AvgIpc) is 2.93. The Morgan fingerprint density at radius 1 is 1.00 bits per heavy atom. The van der Waals surface area contributed by atoms with Crippen molar-refractivity contribution in [3.8, 4) is 0 Å². The van der Waals surface area contributed by atoms with Crippen LogP contribution in [0.3, 0.4) is 0 Å². The predicted octanol–water partition coefficient (Wildman–Crippen LogP) is 4.52. The lowest BCUT2D eigenvalue weighted by molar-refractivity contribution is -0.137. The van der Waals surface area contributed by atoms with E-state index in [9.17, 15) is 9.59 Å². The van der Waals surface area contributed by atoms with Gasteiger partial charge in [0.2, 0.25) is 0 Å². The SMILES string of the molecule is CCc1ccc(NC2=C(c3ccc(Cl)cc3)C(=O)N(CCOC(C)C)C2=O)cc1. The molecule has 0 aliphatic carbocycles. The number of carbonyl (C=O) groups excluding carboxylic acids is 2. The van der Waals surface area contributed by atoms with Crippen LogP contribution in [0.25, 0.3) is 5.57 Å². The zero-order valence-corrected chi connectivity index (χ0v) is 17.6. The molecule has 0 aromatic heterocycles. The number of amides is 2. The molecule has 1 heterocycles. The van der Waals surface area contributed by atoms with Crippen molar-refractivity contribution in [2.24, 2.45) is 0 Å². The van der Waals surface area contributed by atoms with Crippen LogP contribution < -0.4 is 5.32 Å². The Hall–Kier alpha value is -2.63. The highest BCUT2D eigenvalue weighted by Crippen LogP contribution is 2.31. The molecule has 3 rings (SSSR count). The van der Waals surface area contributed by atoms with Crippen LogP contribution in [0.15, 0.2) is 54.2 Å². The molecule has 0 fully saturated rings. The van der Waals surface area contributed by atoms with Gasteiger partial charge in [-0.15, -0.1) is 0 Å². The lowest BCUT2D eigenvalue weighted by Gasteiger charge is -2.16. The summed E-state index contributed by atoms with van der Waals surface area (Å²) in [7, 11) is 0. The van der Waals surface area contributed by atoms with Crippen molar-refractivity contribution in [2.45, 2.75) is 33.3 Å². The molecule has 6 heteroatoms. The third-order valence-corrected chi connectivity index (χ3v) is 4.95. The van der Waals surface area contributed by atoms with Gasteiger partial charge in [0.25, 0.3) is 11.8 Å². The van der Waals surface area contributed by atoms with Gasteiger partial charge in [-0.25, -0.2) is 0 Å². The van der Waals surface area contributed by atoms with Crippen LogP contribution in [-0.4, -0.2) is 36.0 Å². The van der Waals surface area contributed by atoms with Crippen molar-refractivity contribution >= 4 is 34.7 Å². The standard InChI is InChI=1S/C23H25ClN2O3/c1-4-16-5-11-19(12-6-16)25-21-20(17-7-9-18(24)10-8-17)22(27)26(23(21)28)13-14-29-15(2)3/h5-12,15,25H,4,13-14H2,1-3H3. The summed E-state index contributed by atoms with van der Waals surface area (Å²) in [5, 5.41) is 3.73. The summed E-state index contributed by atoms with van der Waals surface area (Å²) in [6.45, 7) is 6.41. The van der Waals surface area contributed by atoms with Crippen molar-refractivity contribution in [2.75, 3.05) is 18.5 Å². The predicted molar refractivity (Wildman–Crippen MR) is 116 cm³/mol. The monoisotopic (exact) mass is 412 g/mol. The van der Waals surface area contributed by atoms with Gasteiger partial charge in [0.05, 0.1) is 24.8 Å². The summed E-state index contributed by atoms with van der Waals surface area (Å²) in [6.07, 6.45) is 0.959. The van der Waals surface area contributed by atoms with Crippen molar-refractivity contribution in [1.82, 2.24) is 4.90 Å². The molecular weight excluding hydrogens is 388 g/mol. The Morgan fingerprint density at radius 3 is 2.24 bits per heavy atom. The first-order chi connectivity index (χ1) is 13.9. The molecule has 1 aliphatic rings. The lowest BCUT2D eigenvalue weighted by atomic mass is 10.0. The quantitative estimate of drug-likeness (QED) is 0.647. The van der Waals surface area contributed by atoms with Crippen LogP contribution in [0.1, 0.15) is 31.9 Å². The number of benzene rings is 2. The fourth-order valence-electron chi connectivity index (χ4n) is 3.13. The Bertz CT molecular complexity index is 918. The van der Waals surface area contributed by atoms with E-state index in [0.29, 0.717) is 22.8 Å². The van der Waals surface area contributed by atoms with E-state index in [4.69, 9.17) is 16.3 Å². The van der Waals surface area contributed by atoms with Gasteiger partial charge in [-0.2, -0.15) is 0 Å². The average molecular weight is 413 g/mol. The Labute approximate surface area is 176 Å². The van der Waals surface area contributed by atoms with E-state index in [1.165, 1.54) is 10.5 Å². The Kier molecular flexibility index (Phi) is 6.72. The molecule has 0 spiro atoms.